The van der Waals surface area contributed by atoms with E-state index in [0.717, 1.165) is 42.4 Å². The lowest BCUT2D eigenvalue weighted by Gasteiger charge is -2.30. The van der Waals surface area contributed by atoms with E-state index in [1.807, 2.05) is 49.3 Å². The number of likely N-dealkylation sites (tertiary alicyclic amines) is 1. The normalized spacial score (nSPS) is 17.3. The van der Waals surface area contributed by atoms with Crippen molar-refractivity contribution in [1.82, 2.24) is 25.2 Å². The van der Waals surface area contributed by atoms with E-state index in [9.17, 15) is 4.79 Å². The highest BCUT2D eigenvalue weighted by Gasteiger charge is 2.21. The van der Waals surface area contributed by atoms with Gasteiger partial charge in [-0.05, 0) is 38.6 Å². The van der Waals surface area contributed by atoms with Gasteiger partial charge in [0.25, 0.3) is 5.91 Å². The number of amides is 1. The number of hydrogen-bond acceptors (Lipinski definition) is 6. The fourth-order valence-electron chi connectivity index (χ4n) is 3.74. The number of aromatic nitrogens is 3. The van der Waals surface area contributed by atoms with Crippen LogP contribution in [0.5, 0.6) is 0 Å². The molecule has 0 unspecified atom stereocenters. The number of nitrogens with zero attached hydrogens (tertiary/aromatic N) is 5. The fraction of sp³-hybridized carbons (Fsp3) is 0.364. The predicted molar refractivity (Wildman–Crippen MR) is 115 cm³/mol. The summed E-state index contributed by atoms with van der Waals surface area (Å²) in [7, 11) is 5.89. The molecule has 0 aliphatic carbocycles. The van der Waals surface area contributed by atoms with Crippen LogP contribution in [-0.2, 0) is 0 Å². The zero-order chi connectivity index (χ0) is 20.4. The predicted octanol–water partition coefficient (Wildman–Crippen LogP) is 2.58. The zero-order valence-corrected chi connectivity index (χ0v) is 17.1. The average molecular weight is 390 g/mol. The van der Waals surface area contributed by atoms with Crippen LogP contribution in [0, 0.1) is 0 Å². The van der Waals surface area contributed by atoms with Gasteiger partial charge in [-0.25, -0.2) is 15.0 Å². The molecule has 0 radical (unpaired) electrons. The summed E-state index contributed by atoms with van der Waals surface area (Å²) in [5.41, 5.74) is 2.90. The van der Waals surface area contributed by atoms with Crippen LogP contribution in [0.15, 0.2) is 42.7 Å². The number of carbonyl (C=O) groups is 1. The number of likely N-dealkylation sites (N-methyl/N-ethyl adjacent to an activating group) is 1. The minimum atomic E-state index is -0.0593. The van der Waals surface area contributed by atoms with Gasteiger partial charge in [-0.15, -0.1) is 0 Å². The minimum Gasteiger partial charge on any atom is -0.348 e. The van der Waals surface area contributed by atoms with Gasteiger partial charge < -0.3 is 15.1 Å². The van der Waals surface area contributed by atoms with Gasteiger partial charge in [0.15, 0.2) is 0 Å². The van der Waals surface area contributed by atoms with E-state index < -0.39 is 0 Å². The maximum atomic E-state index is 13.2. The quantitative estimate of drug-likeness (QED) is 0.738. The molecule has 1 aliphatic heterocycles. The number of fused-ring (bicyclic) bond motifs is 1. The van der Waals surface area contributed by atoms with E-state index in [-0.39, 0.29) is 11.9 Å². The van der Waals surface area contributed by atoms with Gasteiger partial charge in [-0.3, -0.25) is 4.79 Å². The monoisotopic (exact) mass is 390 g/mol. The highest BCUT2D eigenvalue weighted by molar-refractivity contribution is 6.07. The molecule has 2 aromatic heterocycles. The van der Waals surface area contributed by atoms with Crippen molar-refractivity contribution in [2.75, 3.05) is 39.1 Å². The van der Waals surface area contributed by atoms with Crippen molar-refractivity contribution in [3.05, 3.63) is 48.3 Å². The SMILES string of the molecule is CN1CCC[C@@H](NC(=O)c2cc(-c3cnc(N(C)C)nc3)nc3ccccc23)C1. The van der Waals surface area contributed by atoms with Gasteiger partial charge in [-0.1, -0.05) is 18.2 Å². The van der Waals surface area contributed by atoms with Crippen molar-refractivity contribution in [2.24, 2.45) is 0 Å². The topological polar surface area (TPSA) is 74.2 Å². The molecular weight excluding hydrogens is 364 g/mol. The first-order chi connectivity index (χ1) is 14.0. The summed E-state index contributed by atoms with van der Waals surface area (Å²) in [6, 6.07) is 9.75. The molecule has 1 aliphatic rings. The summed E-state index contributed by atoms with van der Waals surface area (Å²) < 4.78 is 0. The van der Waals surface area contributed by atoms with E-state index in [1.54, 1.807) is 12.4 Å². The van der Waals surface area contributed by atoms with Gasteiger partial charge in [0.1, 0.15) is 0 Å². The highest BCUT2D eigenvalue weighted by atomic mass is 16.1. The average Bonchev–Trinajstić information content (AvgIpc) is 2.73. The molecule has 3 aromatic rings. The Morgan fingerprint density at radius 3 is 2.69 bits per heavy atom. The molecule has 150 valence electrons. The maximum absolute atomic E-state index is 13.2. The molecule has 7 heteroatoms. The Bertz CT molecular complexity index is 1020. The van der Waals surface area contributed by atoms with Crippen molar-refractivity contribution in [1.29, 1.82) is 0 Å². The number of rotatable bonds is 4. The van der Waals surface area contributed by atoms with Crippen LogP contribution in [0.3, 0.4) is 0 Å². The van der Waals surface area contributed by atoms with Crippen LogP contribution in [0.1, 0.15) is 23.2 Å². The molecule has 0 saturated carbocycles. The molecule has 1 N–H and O–H groups in total. The number of benzene rings is 1. The number of para-hydroxylation sites is 1. The van der Waals surface area contributed by atoms with Crippen LogP contribution in [0.2, 0.25) is 0 Å². The number of piperidine rings is 1. The van der Waals surface area contributed by atoms with Crippen LogP contribution in [0.25, 0.3) is 22.2 Å². The molecule has 1 fully saturated rings. The van der Waals surface area contributed by atoms with E-state index in [2.05, 4.69) is 27.2 Å². The Morgan fingerprint density at radius 2 is 1.97 bits per heavy atom. The molecule has 1 saturated heterocycles. The minimum absolute atomic E-state index is 0.0593. The molecular formula is C22H26N6O. The van der Waals surface area contributed by atoms with Crippen molar-refractivity contribution < 1.29 is 4.79 Å². The number of pyridine rings is 1. The first kappa shape index (κ1) is 19.3. The summed E-state index contributed by atoms with van der Waals surface area (Å²) in [5, 5.41) is 4.06. The summed E-state index contributed by atoms with van der Waals surface area (Å²) in [6.07, 6.45) is 5.60. The summed E-state index contributed by atoms with van der Waals surface area (Å²) in [5.74, 6) is 0.574. The molecule has 1 aromatic carbocycles. The fourth-order valence-corrected chi connectivity index (χ4v) is 3.74. The zero-order valence-electron chi connectivity index (χ0n) is 17.1. The lowest BCUT2D eigenvalue weighted by atomic mass is 10.0. The molecule has 1 atom stereocenters. The lowest BCUT2D eigenvalue weighted by Crippen LogP contribution is -2.46. The number of nitrogens with one attached hydrogen (secondary N) is 1. The third-order valence-corrected chi connectivity index (χ3v) is 5.25. The van der Waals surface area contributed by atoms with Crippen LogP contribution in [-0.4, -0.2) is 66.0 Å². The molecule has 1 amide bonds. The maximum Gasteiger partial charge on any atom is 0.252 e. The second-order valence-electron chi connectivity index (χ2n) is 7.81. The van der Waals surface area contributed by atoms with Gasteiger partial charge in [-0.2, -0.15) is 0 Å². The van der Waals surface area contributed by atoms with Gasteiger partial charge in [0.05, 0.1) is 16.8 Å². The molecule has 0 bridgehead atoms. The van der Waals surface area contributed by atoms with Crippen molar-refractivity contribution in [2.45, 2.75) is 18.9 Å². The molecule has 4 rings (SSSR count). The largest absolute Gasteiger partial charge is 0.348 e. The van der Waals surface area contributed by atoms with Crippen molar-refractivity contribution >= 4 is 22.8 Å². The Hall–Kier alpha value is -3.06. The number of hydrogen-bond donors (Lipinski definition) is 1. The molecule has 3 heterocycles. The third kappa shape index (κ3) is 4.19. The summed E-state index contributed by atoms with van der Waals surface area (Å²) in [4.78, 5) is 30.8. The van der Waals surface area contributed by atoms with Gasteiger partial charge in [0.2, 0.25) is 5.95 Å². The van der Waals surface area contributed by atoms with Gasteiger partial charge in [0, 0.05) is 50.0 Å². The van der Waals surface area contributed by atoms with E-state index >= 15 is 0 Å². The standard InChI is InChI=1S/C22H26N6O/c1-27(2)22-23-12-15(13-24-22)20-11-18(17-8-4-5-9-19(17)26-20)21(29)25-16-7-6-10-28(3)14-16/h4-5,8-9,11-13,16H,6-7,10,14H2,1-3H3,(H,25,29)/t16-/m1/s1. The van der Waals surface area contributed by atoms with E-state index in [4.69, 9.17) is 4.98 Å². The Morgan fingerprint density at radius 1 is 1.21 bits per heavy atom. The van der Waals surface area contributed by atoms with E-state index in [1.165, 1.54) is 0 Å². The first-order valence-corrected chi connectivity index (χ1v) is 9.90. The number of carbonyl (C=O) groups excluding carboxylic acids is 1. The Kier molecular flexibility index (Phi) is 5.40. The molecule has 29 heavy (non-hydrogen) atoms. The van der Waals surface area contributed by atoms with E-state index in [0.29, 0.717) is 17.2 Å². The van der Waals surface area contributed by atoms with Crippen molar-refractivity contribution in [3.63, 3.8) is 0 Å². The lowest BCUT2D eigenvalue weighted by molar-refractivity contribution is 0.0914. The highest BCUT2D eigenvalue weighted by Crippen LogP contribution is 2.25. The van der Waals surface area contributed by atoms with Crippen molar-refractivity contribution in [3.8, 4) is 11.3 Å². The third-order valence-electron chi connectivity index (χ3n) is 5.25. The van der Waals surface area contributed by atoms with Crippen LogP contribution in [0.4, 0.5) is 5.95 Å². The second kappa shape index (κ2) is 8.13. The number of anilines is 1. The summed E-state index contributed by atoms with van der Waals surface area (Å²) >= 11 is 0. The second-order valence-corrected chi connectivity index (χ2v) is 7.81. The molecule has 0 spiro atoms. The molecule has 7 nitrogen and oxygen atoms in total. The Labute approximate surface area is 170 Å². The summed E-state index contributed by atoms with van der Waals surface area (Å²) in [6.45, 7) is 1.96. The van der Waals surface area contributed by atoms with Crippen LogP contribution < -0.4 is 10.2 Å². The van der Waals surface area contributed by atoms with Gasteiger partial charge >= 0.3 is 0 Å². The smallest absolute Gasteiger partial charge is 0.252 e. The van der Waals surface area contributed by atoms with Crippen LogP contribution >= 0.6 is 0 Å². The Balaban J connectivity index is 1.70. The first-order valence-electron chi connectivity index (χ1n) is 9.90.